The number of halogens is 2. The third-order valence-electron chi connectivity index (χ3n) is 3.55. The van der Waals surface area contributed by atoms with Crippen LogP contribution in [0.2, 0.25) is 0 Å². The number of pyridine rings is 1. The Bertz CT molecular complexity index is 893. The fraction of sp³-hybridized carbons (Fsp3) is 0.222. The van der Waals surface area contributed by atoms with Crippen molar-refractivity contribution in [2.75, 3.05) is 11.6 Å². The smallest absolute Gasteiger partial charge is 0.166 e. The molecule has 3 rings (SSSR count). The van der Waals surface area contributed by atoms with Gasteiger partial charge in [-0.3, -0.25) is 0 Å². The van der Waals surface area contributed by atoms with E-state index in [1.165, 1.54) is 23.9 Å². The van der Waals surface area contributed by atoms with E-state index in [0.717, 1.165) is 11.6 Å². The van der Waals surface area contributed by atoms with Crippen LogP contribution in [0.5, 0.6) is 0 Å². The number of H-pyrrole nitrogens is 1. The number of rotatable bonds is 5. The highest BCUT2D eigenvalue weighted by atomic mass is 32.2. The standard InChI is InChI=1S/C18H18F2N4S/c1-10(2)22-15-8-11(6-7-21-15)16-17(24-18(23-16)25-3)13-5-4-12(19)9-14(13)20/h4-10H,1-3H3,(H,21,22)(H,23,24). The Morgan fingerprint density at radius 3 is 2.64 bits per heavy atom. The number of aromatic amines is 1. The molecule has 2 N–H and O–H groups in total. The Morgan fingerprint density at radius 1 is 1.16 bits per heavy atom. The number of imidazole rings is 1. The number of benzene rings is 1. The minimum Gasteiger partial charge on any atom is -0.368 e. The van der Waals surface area contributed by atoms with Crippen LogP contribution in [0.4, 0.5) is 14.6 Å². The molecule has 0 amide bonds. The number of anilines is 1. The van der Waals surface area contributed by atoms with Crippen LogP contribution in [0.3, 0.4) is 0 Å². The first-order valence-corrected chi connectivity index (χ1v) is 9.02. The second-order valence-corrected chi connectivity index (χ2v) is 6.62. The van der Waals surface area contributed by atoms with Gasteiger partial charge >= 0.3 is 0 Å². The fourth-order valence-corrected chi connectivity index (χ4v) is 2.88. The lowest BCUT2D eigenvalue weighted by atomic mass is 10.1. The molecule has 0 radical (unpaired) electrons. The highest BCUT2D eigenvalue weighted by Gasteiger charge is 2.18. The first kappa shape index (κ1) is 17.4. The monoisotopic (exact) mass is 360 g/mol. The summed E-state index contributed by atoms with van der Waals surface area (Å²) in [6.45, 7) is 4.04. The normalized spacial score (nSPS) is 11.1. The van der Waals surface area contributed by atoms with Crippen molar-refractivity contribution in [2.45, 2.75) is 25.0 Å². The van der Waals surface area contributed by atoms with Gasteiger partial charge in [-0.25, -0.2) is 18.7 Å². The maximum atomic E-state index is 14.3. The number of nitrogens with zero attached hydrogens (tertiary/aromatic N) is 2. The van der Waals surface area contributed by atoms with Gasteiger partial charge in [-0.05, 0) is 44.4 Å². The molecule has 1 aromatic carbocycles. The zero-order valence-electron chi connectivity index (χ0n) is 14.1. The van der Waals surface area contributed by atoms with Gasteiger partial charge in [-0.1, -0.05) is 11.8 Å². The number of aromatic nitrogens is 3. The highest BCUT2D eigenvalue weighted by Crippen LogP contribution is 2.34. The van der Waals surface area contributed by atoms with Crippen molar-refractivity contribution < 1.29 is 8.78 Å². The average Bonchev–Trinajstić information content (AvgIpc) is 2.98. The third kappa shape index (κ3) is 3.82. The van der Waals surface area contributed by atoms with Gasteiger partial charge in [0.25, 0.3) is 0 Å². The van der Waals surface area contributed by atoms with Gasteiger partial charge in [0.2, 0.25) is 0 Å². The molecule has 0 atom stereocenters. The van der Waals surface area contributed by atoms with Crippen LogP contribution in [0.1, 0.15) is 13.8 Å². The van der Waals surface area contributed by atoms with Crippen molar-refractivity contribution in [3.63, 3.8) is 0 Å². The number of thioether (sulfide) groups is 1. The number of hydrogen-bond donors (Lipinski definition) is 2. The third-order valence-corrected chi connectivity index (χ3v) is 4.13. The second-order valence-electron chi connectivity index (χ2n) is 5.82. The average molecular weight is 360 g/mol. The molecule has 0 bridgehead atoms. The fourth-order valence-electron chi connectivity index (χ4n) is 2.50. The molecule has 0 spiro atoms. The second kappa shape index (κ2) is 7.23. The summed E-state index contributed by atoms with van der Waals surface area (Å²) in [5.41, 5.74) is 2.19. The molecule has 0 aliphatic carbocycles. The van der Waals surface area contributed by atoms with E-state index < -0.39 is 11.6 Å². The number of hydrogen-bond acceptors (Lipinski definition) is 4. The molecule has 25 heavy (non-hydrogen) atoms. The molecule has 0 fully saturated rings. The van der Waals surface area contributed by atoms with Gasteiger partial charge in [0, 0.05) is 29.4 Å². The van der Waals surface area contributed by atoms with Crippen molar-refractivity contribution >= 4 is 17.6 Å². The van der Waals surface area contributed by atoms with Crippen LogP contribution >= 0.6 is 11.8 Å². The lowest BCUT2D eigenvalue weighted by Crippen LogP contribution is -2.10. The first-order chi connectivity index (χ1) is 12.0. The Hall–Kier alpha value is -2.41. The van der Waals surface area contributed by atoms with Crippen molar-refractivity contribution in [3.05, 3.63) is 48.2 Å². The molecule has 7 heteroatoms. The topological polar surface area (TPSA) is 53.6 Å². The van der Waals surface area contributed by atoms with Crippen LogP contribution in [-0.4, -0.2) is 27.2 Å². The quantitative estimate of drug-likeness (QED) is 0.632. The highest BCUT2D eigenvalue weighted by molar-refractivity contribution is 7.98. The van der Waals surface area contributed by atoms with E-state index in [1.54, 1.807) is 6.20 Å². The molecular weight excluding hydrogens is 342 g/mol. The summed E-state index contributed by atoms with van der Waals surface area (Å²) in [7, 11) is 0. The summed E-state index contributed by atoms with van der Waals surface area (Å²) in [6.07, 6.45) is 3.56. The predicted octanol–water partition coefficient (Wildman–Crippen LogP) is 4.96. The largest absolute Gasteiger partial charge is 0.368 e. The van der Waals surface area contributed by atoms with E-state index in [9.17, 15) is 8.78 Å². The molecule has 2 heterocycles. The Morgan fingerprint density at radius 2 is 1.96 bits per heavy atom. The summed E-state index contributed by atoms with van der Waals surface area (Å²) in [5.74, 6) is -0.529. The summed E-state index contributed by atoms with van der Waals surface area (Å²) in [5, 5.41) is 3.89. The molecule has 4 nitrogen and oxygen atoms in total. The van der Waals surface area contributed by atoms with E-state index >= 15 is 0 Å². The SMILES string of the molecule is CSc1nc(-c2ccnc(NC(C)C)c2)c(-c2ccc(F)cc2F)[nH]1. The maximum Gasteiger partial charge on any atom is 0.166 e. The van der Waals surface area contributed by atoms with E-state index in [-0.39, 0.29) is 11.6 Å². The van der Waals surface area contributed by atoms with Gasteiger partial charge in [0.15, 0.2) is 5.16 Å². The van der Waals surface area contributed by atoms with Gasteiger partial charge in [0.05, 0.1) is 11.4 Å². The minimum absolute atomic E-state index is 0.234. The van der Waals surface area contributed by atoms with Gasteiger partial charge in [0.1, 0.15) is 17.5 Å². The van der Waals surface area contributed by atoms with Crippen molar-refractivity contribution in [2.24, 2.45) is 0 Å². The van der Waals surface area contributed by atoms with Crippen LogP contribution < -0.4 is 5.32 Å². The summed E-state index contributed by atoms with van der Waals surface area (Å²) in [6, 6.07) is 7.44. The lowest BCUT2D eigenvalue weighted by molar-refractivity contribution is 0.585. The molecule has 3 aromatic rings. The molecule has 130 valence electrons. The Balaban J connectivity index is 2.12. The summed E-state index contributed by atoms with van der Waals surface area (Å²) >= 11 is 1.42. The van der Waals surface area contributed by atoms with Crippen molar-refractivity contribution in [3.8, 4) is 22.5 Å². The molecule has 0 aliphatic rings. The Kier molecular flexibility index (Phi) is 5.03. The summed E-state index contributed by atoms with van der Waals surface area (Å²) in [4.78, 5) is 12.0. The molecule has 0 unspecified atom stereocenters. The van der Waals surface area contributed by atoms with E-state index in [0.29, 0.717) is 22.4 Å². The Labute approximate surface area is 149 Å². The zero-order valence-corrected chi connectivity index (χ0v) is 14.9. The molecule has 0 saturated carbocycles. The molecule has 0 aliphatic heterocycles. The number of nitrogens with one attached hydrogen (secondary N) is 2. The van der Waals surface area contributed by atoms with Crippen LogP contribution in [0.25, 0.3) is 22.5 Å². The van der Waals surface area contributed by atoms with Gasteiger partial charge in [-0.2, -0.15) is 0 Å². The molecule has 0 saturated heterocycles. The minimum atomic E-state index is -0.632. The summed E-state index contributed by atoms with van der Waals surface area (Å²) < 4.78 is 27.5. The van der Waals surface area contributed by atoms with Crippen molar-refractivity contribution in [1.82, 2.24) is 15.0 Å². The maximum absolute atomic E-state index is 14.3. The van der Waals surface area contributed by atoms with Gasteiger partial charge < -0.3 is 10.3 Å². The van der Waals surface area contributed by atoms with Crippen LogP contribution in [0.15, 0.2) is 41.7 Å². The molecular formula is C18H18F2N4S. The lowest BCUT2D eigenvalue weighted by Gasteiger charge is -2.10. The van der Waals surface area contributed by atoms with E-state index in [4.69, 9.17) is 0 Å². The predicted molar refractivity (Wildman–Crippen MR) is 97.7 cm³/mol. The van der Waals surface area contributed by atoms with E-state index in [1.807, 2.05) is 32.2 Å². The molecule has 2 aromatic heterocycles. The van der Waals surface area contributed by atoms with Gasteiger partial charge in [-0.15, -0.1) is 0 Å². The zero-order chi connectivity index (χ0) is 18.0. The van der Waals surface area contributed by atoms with Crippen LogP contribution in [0, 0.1) is 11.6 Å². The van der Waals surface area contributed by atoms with E-state index in [2.05, 4.69) is 20.3 Å². The van der Waals surface area contributed by atoms with Crippen molar-refractivity contribution in [1.29, 1.82) is 0 Å². The first-order valence-electron chi connectivity index (χ1n) is 7.80. The van der Waals surface area contributed by atoms with Crippen LogP contribution in [-0.2, 0) is 0 Å².